The summed E-state index contributed by atoms with van der Waals surface area (Å²) in [5.74, 6) is -4.89. The summed E-state index contributed by atoms with van der Waals surface area (Å²) in [5, 5.41) is 10.4. The lowest BCUT2D eigenvalue weighted by molar-refractivity contribution is -0.142. The number of Topliss-reactive ketones (excluding diaryl/α,β-unsaturated/α-hetero) is 1. The first-order chi connectivity index (χ1) is 24.6. The van der Waals surface area contributed by atoms with Crippen molar-refractivity contribution < 1.29 is 38.1 Å². The number of carbonyl (C=O) groups is 7. The predicted molar refractivity (Wildman–Crippen MR) is 190 cm³/mol. The van der Waals surface area contributed by atoms with E-state index in [0.29, 0.717) is 12.0 Å². The molecule has 15 heteroatoms. The monoisotopic (exact) mass is 722 g/mol. The van der Waals surface area contributed by atoms with Crippen molar-refractivity contribution in [2.45, 2.75) is 82.6 Å². The maximum absolute atomic E-state index is 14.1. The summed E-state index contributed by atoms with van der Waals surface area (Å²) in [6, 6.07) is 12.6. The Bertz CT molecular complexity index is 1560. The molecule has 1 saturated heterocycles. The molecule has 274 valence electrons. The molecule has 2 fully saturated rings. The number of imide groups is 1. The number of benzene rings is 2. The fourth-order valence-corrected chi connectivity index (χ4v) is 6.79. The molecule has 1 aliphatic carbocycles. The number of carbonyl (C=O) groups excluding carboxylic acids is 7. The number of nitrogens with one attached hydrogen (secondary N) is 4. The van der Waals surface area contributed by atoms with Crippen LogP contribution in [0.2, 0.25) is 0 Å². The number of ketones is 1. The first-order valence-corrected chi connectivity index (χ1v) is 17.8. The van der Waals surface area contributed by atoms with Crippen LogP contribution >= 0.6 is 9.47 Å². The standard InChI is InChI=1S/C36H47N6O8P/c1-3-13-26(31(44)33(46)38-20-28(43)40-30(35(48)50-51)25-18-11-6-12-19-25)39-32(45)27-22-41(21-23-14-7-4-8-15-23)36(49)42(27)34(47)29(37-2)24-16-9-5-10-17-24/h4,6-8,11-12,14-15,18-19,24,26-27,29-30,37H,3,5,9-10,13,16-17,20-22,51H2,1-2H3,(H,38,46)(H,39,45)(H,40,43). The minimum Gasteiger partial charge on any atom is -0.450 e. The Kier molecular flexibility index (Phi) is 14.6. The van der Waals surface area contributed by atoms with Crippen LogP contribution in [0.4, 0.5) is 4.79 Å². The molecule has 4 N–H and O–H groups in total. The zero-order chi connectivity index (χ0) is 36.9. The molecule has 2 aliphatic rings. The molecule has 14 nitrogen and oxygen atoms in total. The minimum atomic E-state index is -1.29. The van der Waals surface area contributed by atoms with Gasteiger partial charge in [0, 0.05) is 6.54 Å². The van der Waals surface area contributed by atoms with Crippen LogP contribution in [0.25, 0.3) is 0 Å². The molecule has 0 spiro atoms. The van der Waals surface area contributed by atoms with Gasteiger partial charge in [0.25, 0.3) is 5.91 Å². The van der Waals surface area contributed by atoms with Crippen molar-refractivity contribution in [3.05, 3.63) is 71.8 Å². The molecule has 1 saturated carbocycles. The van der Waals surface area contributed by atoms with Crippen molar-refractivity contribution in [2.75, 3.05) is 20.1 Å². The van der Waals surface area contributed by atoms with Gasteiger partial charge in [-0.05, 0) is 43.4 Å². The van der Waals surface area contributed by atoms with Crippen molar-refractivity contribution in [3.63, 3.8) is 0 Å². The van der Waals surface area contributed by atoms with Gasteiger partial charge in [0.2, 0.25) is 23.5 Å². The third-order valence-electron chi connectivity index (χ3n) is 9.27. The van der Waals surface area contributed by atoms with E-state index in [0.717, 1.165) is 42.6 Å². The molecule has 0 aromatic heterocycles. The van der Waals surface area contributed by atoms with Crippen LogP contribution in [-0.2, 0) is 39.8 Å². The van der Waals surface area contributed by atoms with Crippen molar-refractivity contribution >= 4 is 50.9 Å². The van der Waals surface area contributed by atoms with E-state index in [1.807, 2.05) is 39.8 Å². The summed E-state index contributed by atoms with van der Waals surface area (Å²) in [7, 11) is 3.49. The highest BCUT2D eigenvalue weighted by atomic mass is 31.0. The van der Waals surface area contributed by atoms with E-state index in [1.165, 1.54) is 4.90 Å². The number of hydrogen-bond acceptors (Lipinski definition) is 9. The van der Waals surface area contributed by atoms with Gasteiger partial charge in [0.1, 0.15) is 6.04 Å². The molecule has 5 atom stereocenters. The quantitative estimate of drug-likeness (QED) is 0.149. The van der Waals surface area contributed by atoms with Crippen molar-refractivity contribution in [3.8, 4) is 0 Å². The molecule has 51 heavy (non-hydrogen) atoms. The van der Waals surface area contributed by atoms with Gasteiger partial charge < -0.3 is 30.7 Å². The lowest BCUT2D eigenvalue weighted by atomic mass is 9.83. The molecule has 5 unspecified atom stereocenters. The SMILES string of the molecule is CCCC(NC(=O)C1CN(Cc2ccccc2)C(=O)N1C(=O)C(NC)C1CCCCC1)C(=O)C(=O)NCC(=O)NC(C(=O)OP)c1ccccc1. The molecule has 1 aliphatic heterocycles. The average Bonchev–Trinajstić information content (AvgIpc) is 3.48. The summed E-state index contributed by atoms with van der Waals surface area (Å²) >= 11 is 0. The van der Waals surface area contributed by atoms with Gasteiger partial charge in [-0.3, -0.25) is 24.0 Å². The van der Waals surface area contributed by atoms with Crippen molar-refractivity contribution in [2.24, 2.45) is 5.92 Å². The molecule has 6 amide bonds. The van der Waals surface area contributed by atoms with Crippen LogP contribution in [0.1, 0.15) is 69.0 Å². The molecule has 0 radical (unpaired) electrons. The highest BCUT2D eigenvalue weighted by molar-refractivity contribution is 7.10. The van der Waals surface area contributed by atoms with E-state index >= 15 is 0 Å². The smallest absolute Gasteiger partial charge is 0.335 e. The summed E-state index contributed by atoms with van der Waals surface area (Å²) in [6.07, 6.45) is 5.15. The molecular weight excluding hydrogens is 675 g/mol. The van der Waals surface area contributed by atoms with Crippen LogP contribution in [0.5, 0.6) is 0 Å². The Morgan fingerprint density at radius 3 is 2.18 bits per heavy atom. The van der Waals surface area contributed by atoms with Gasteiger partial charge in [-0.25, -0.2) is 14.5 Å². The Balaban J connectivity index is 1.46. The fourth-order valence-electron chi connectivity index (χ4n) is 6.65. The van der Waals surface area contributed by atoms with Gasteiger partial charge in [0.15, 0.2) is 6.04 Å². The van der Waals surface area contributed by atoms with E-state index in [2.05, 4.69) is 21.3 Å². The number of amides is 6. The van der Waals surface area contributed by atoms with Crippen molar-refractivity contribution in [1.29, 1.82) is 0 Å². The highest BCUT2D eigenvalue weighted by Gasteiger charge is 2.48. The third kappa shape index (κ3) is 10.2. The Hall–Kier alpha value is -4.68. The van der Waals surface area contributed by atoms with Crippen LogP contribution in [0.15, 0.2) is 60.7 Å². The van der Waals surface area contributed by atoms with Crippen LogP contribution in [0, 0.1) is 5.92 Å². The van der Waals surface area contributed by atoms with Crippen LogP contribution in [-0.4, -0.2) is 89.5 Å². The van der Waals surface area contributed by atoms with Crippen LogP contribution in [0.3, 0.4) is 0 Å². The number of rotatable bonds is 16. The van der Waals surface area contributed by atoms with Crippen molar-refractivity contribution in [1.82, 2.24) is 31.1 Å². The van der Waals surface area contributed by atoms with Gasteiger partial charge >= 0.3 is 12.0 Å². The van der Waals surface area contributed by atoms with Gasteiger partial charge in [-0.15, -0.1) is 0 Å². The normalized spacial score (nSPS) is 17.9. The lowest BCUT2D eigenvalue weighted by Crippen LogP contribution is -2.58. The molecular formula is C36H47N6O8P. The maximum Gasteiger partial charge on any atom is 0.335 e. The maximum atomic E-state index is 14.1. The summed E-state index contributed by atoms with van der Waals surface area (Å²) in [5.41, 5.74) is 1.27. The average molecular weight is 723 g/mol. The molecule has 2 aromatic carbocycles. The zero-order valence-corrected chi connectivity index (χ0v) is 30.1. The first kappa shape index (κ1) is 39.1. The van der Waals surface area contributed by atoms with Gasteiger partial charge in [0.05, 0.1) is 34.6 Å². The Morgan fingerprint density at radius 2 is 1.57 bits per heavy atom. The topological polar surface area (TPSA) is 183 Å². The molecule has 2 aromatic rings. The highest BCUT2D eigenvalue weighted by Crippen LogP contribution is 2.29. The van der Waals surface area contributed by atoms with E-state index in [-0.39, 0.29) is 25.4 Å². The number of urea groups is 1. The fraction of sp³-hybridized carbons (Fsp3) is 0.472. The van der Waals surface area contributed by atoms with E-state index < -0.39 is 72.1 Å². The predicted octanol–water partition coefficient (Wildman–Crippen LogP) is 2.15. The number of hydrogen-bond donors (Lipinski definition) is 4. The van der Waals surface area contributed by atoms with E-state index in [1.54, 1.807) is 44.3 Å². The Morgan fingerprint density at radius 1 is 0.922 bits per heavy atom. The zero-order valence-electron chi connectivity index (χ0n) is 29.0. The first-order valence-electron chi connectivity index (χ1n) is 17.3. The van der Waals surface area contributed by atoms with E-state index in [9.17, 15) is 33.6 Å². The third-order valence-corrected chi connectivity index (χ3v) is 9.50. The molecule has 1 heterocycles. The van der Waals surface area contributed by atoms with Crippen LogP contribution < -0.4 is 21.3 Å². The summed E-state index contributed by atoms with van der Waals surface area (Å²) < 4.78 is 4.71. The summed E-state index contributed by atoms with van der Waals surface area (Å²) in [6.45, 7) is 1.20. The Labute approximate surface area is 300 Å². The van der Waals surface area contributed by atoms with Gasteiger partial charge in [-0.2, -0.15) is 0 Å². The number of likely N-dealkylation sites (N-methyl/N-ethyl adjacent to an activating group) is 1. The largest absolute Gasteiger partial charge is 0.450 e. The second-order valence-electron chi connectivity index (χ2n) is 12.8. The second kappa shape index (κ2) is 19.1. The molecule has 0 bridgehead atoms. The summed E-state index contributed by atoms with van der Waals surface area (Å²) in [4.78, 5) is 95.6. The number of nitrogens with zero attached hydrogens (tertiary/aromatic N) is 2. The van der Waals surface area contributed by atoms with E-state index in [4.69, 9.17) is 4.52 Å². The minimum absolute atomic E-state index is 0.000674. The molecule has 4 rings (SSSR count). The second-order valence-corrected chi connectivity index (χ2v) is 13.0. The van der Waals surface area contributed by atoms with Gasteiger partial charge in [-0.1, -0.05) is 93.3 Å². The lowest BCUT2D eigenvalue weighted by Gasteiger charge is -2.32.